The monoisotopic (exact) mass is 333 g/mol. The third kappa shape index (κ3) is 2.24. The lowest BCUT2D eigenvalue weighted by Gasteiger charge is -2.58. The Bertz CT molecular complexity index is 457. The van der Waals surface area contributed by atoms with Crippen LogP contribution in [0, 0.1) is 30.1 Å². The molecule has 20 heavy (non-hydrogen) atoms. The minimum absolute atomic E-state index is 0.585. The summed E-state index contributed by atoms with van der Waals surface area (Å²) in [5.74, 6) is 3.10. The van der Waals surface area contributed by atoms with Crippen LogP contribution in [-0.2, 0) is 6.42 Å². The van der Waals surface area contributed by atoms with Gasteiger partial charge in [-0.15, -0.1) is 0 Å². The number of aryl methyl sites for hydroxylation is 1. The molecule has 5 rings (SSSR count). The average Bonchev–Trinajstić information content (AvgIpc) is 2.40. The normalized spacial score (nSPS) is 40.0. The molecule has 1 aromatic heterocycles. The van der Waals surface area contributed by atoms with Gasteiger partial charge in [-0.05, 0) is 80.2 Å². The molecule has 4 saturated carbocycles. The Labute approximate surface area is 130 Å². The Morgan fingerprint density at radius 3 is 2.25 bits per heavy atom. The van der Waals surface area contributed by atoms with Crippen molar-refractivity contribution in [1.29, 1.82) is 0 Å². The highest BCUT2D eigenvalue weighted by Gasteiger charge is 2.53. The molecule has 1 nitrogen and oxygen atoms in total. The molecule has 0 N–H and O–H groups in total. The maximum atomic E-state index is 4.62. The summed E-state index contributed by atoms with van der Waals surface area (Å²) in [6.45, 7) is 2.11. The van der Waals surface area contributed by atoms with Gasteiger partial charge >= 0.3 is 0 Å². The molecule has 1 atom stereocenters. The van der Waals surface area contributed by atoms with Crippen LogP contribution < -0.4 is 0 Å². The SMILES string of the molecule is Cc1ccc(CC(Br)C23CC4CC(CC(C4)C2)C3)nc1. The molecule has 1 unspecified atom stereocenters. The van der Waals surface area contributed by atoms with E-state index in [-0.39, 0.29) is 0 Å². The summed E-state index contributed by atoms with van der Waals surface area (Å²) in [6.07, 6.45) is 12.1. The first-order valence-electron chi connectivity index (χ1n) is 8.18. The highest BCUT2D eigenvalue weighted by molar-refractivity contribution is 9.09. The van der Waals surface area contributed by atoms with E-state index in [1.807, 2.05) is 6.20 Å². The van der Waals surface area contributed by atoms with Crippen LogP contribution in [0.1, 0.15) is 49.8 Å². The Hall–Kier alpha value is -0.370. The second-order valence-electron chi connectivity index (χ2n) is 7.78. The van der Waals surface area contributed by atoms with Gasteiger partial charge in [-0.1, -0.05) is 22.0 Å². The largest absolute Gasteiger partial charge is 0.261 e. The molecular weight excluding hydrogens is 310 g/mol. The molecule has 0 amide bonds. The van der Waals surface area contributed by atoms with Crippen molar-refractivity contribution in [2.24, 2.45) is 23.2 Å². The van der Waals surface area contributed by atoms with Crippen LogP contribution in [0.15, 0.2) is 18.3 Å². The van der Waals surface area contributed by atoms with Crippen molar-refractivity contribution in [3.8, 4) is 0 Å². The number of pyridine rings is 1. The lowest BCUT2D eigenvalue weighted by molar-refractivity contribution is -0.0523. The zero-order chi connectivity index (χ0) is 13.7. The molecule has 1 heterocycles. The van der Waals surface area contributed by atoms with E-state index in [0.717, 1.165) is 24.2 Å². The van der Waals surface area contributed by atoms with E-state index < -0.39 is 0 Å². The minimum atomic E-state index is 0.585. The van der Waals surface area contributed by atoms with Gasteiger partial charge in [-0.3, -0.25) is 4.98 Å². The van der Waals surface area contributed by atoms with Crippen molar-refractivity contribution in [3.05, 3.63) is 29.6 Å². The van der Waals surface area contributed by atoms with E-state index in [0.29, 0.717) is 10.2 Å². The summed E-state index contributed by atoms with van der Waals surface area (Å²) in [6, 6.07) is 4.41. The fourth-order valence-electron chi connectivity index (χ4n) is 5.58. The second kappa shape index (κ2) is 4.83. The average molecular weight is 334 g/mol. The summed E-state index contributed by atoms with van der Waals surface area (Å²) in [7, 11) is 0. The summed E-state index contributed by atoms with van der Waals surface area (Å²) in [4.78, 5) is 5.24. The van der Waals surface area contributed by atoms with Crippen molar-refractivity contribution in [3.63, 3.8) is 0 Å². The summed E-state index contributed by atoms with van der Waals surface area (Å²) in [5, 5.41) is 0. The van der Waals surface area contributed by atoms with Crippen LogP contribution in [-0.4, -0.2) is 9.81 Å². The second-order valence-corrected chi connectivity index (χ2v) is 8.88. The standard InChI is InChI=1S/C18H24BrN/c1-12-2-3-16(20-11-12)7-17(19)18-8-13-4-14(9-18)6-15(5-13)10-18/h2-3,11,13-15,17H,4-10H2,1H3. The first-order chi connectivity index (χ1) is 9.63. The van der Waals surface area contributed by atoms with Gasteiger partial charge in [0, 0.05) is 23.1 Å². The predicted octanol–water partition coefficient (Wildman–Crippen LogP) is 4.91. The number of hydrogen-bond acceptors (Lipinski definition) is 1. The van der Waals surface area contributed by atoms with Gasteiger partial charge < -0.3 is 0 Å². The third-order valence-corrected chi connectivity index (χ3v) is 7.41. The predicted molar refractivity (Wildman–Crippen MR) is 86.0 cm³/mol. The summed E-state index contributed by atoms with van der Waals surface area (Å²) < 4.78 is 0. The lowest BCUT2D eigenvalue weighted by Crippen LogP contribution is -2.50. The van der Waals surface area contributed by atoms with Gasteiger partial charge in [-0.25, -0.2) is 0 Å². The smallest absolute Gasteiger partial charge is 0.0415 e. The number of halogens is 1. The Balaban J connectivity index is 1.53. The number of nitrogens with zero attached hydrogens (tertiary/aromatic N) is 1. The number of rotatable bonds is 3. The van der Waals surface area contributed by atoms with E-state index in [4.69, 9.17) is 0 Å². The Kier molecular flexibility index (Phi) is 3.21. The molecule has 0 aliphatic heterocycles. The minimum Gasteiger partial charge on any atom is -0.261 e. The fraction of sp³-hybridized carbons (Fsp3) is 0.722. The van der Waals surface area contributed by atoms with Gasteiger partial charge in [0.2, 0.25) is 0 Å². The van der Waals surface area contributed by atoms with Gasteiger partial charge in [-0.2, -0.15) is 0 Å². The van der Waals surface area contributed by atoms with E-state index in [1.54, 1.807) is 0 Å². The van der Waals surface area contributed by atoms with E-state index in [1.165, 1.54) is 49.8 Å². The Morgan fingerprint density at radius 1 is 1.15 bits per heavy atom. The van der Waals surface area contributed by atoms with E-state index in [9.17, 15) is 0 Å². The van der Waals surface area contributed by atoms with Crippen LogP contribution in [0.4, 0.5) is 0 Å². The molecule has 4 fully saturated rings. The van der Waals surface area contributed by atoms with E-state index >= 15 is 0 Å². The quantitative estimate of drug-likeness (QED) is 0.716. The zero-order valence-corrected chi connectivity index (χ0v) is 13.9. The molecule has 0 spiro atoms. The summed E-state index contributed by atoms with van der Waals surface area (Å²) in [5.41, 5.74) is 3.10. The zero-order valence-electron chi connectivity index (χ0n) is 12.3. The molecule has 1 aromatic rings. The van der Waals surface area contributed by atoms with Crippen LogP contribution >= 0.6 is 15.9 Å². The molecule has 0 saturated heterocycles. The molecule has 4 bridgehead atoms. The number of aromatic nitrogens is 1. The fourth-order valence-corrected chi connectivity index (χ4v) is 6.47. The van der Waals surface area contributed by atoms with Gasteiger partial charge in [0.25, 0.3) is 0 Å². The van der Waals surface area contributed by atoms with E-state index in [2.05, 4.69) is 40.0 Å². The number of hydrogen-bond donors (Lipinski definition) is 0. The van der Waals surface area contributed by atoms with Crippen molar-refractivity contribution in [1.82, 2.24) is 4.98 Å². The highest BCUT2D eigenvalue weighted by atomic mass is 79.9. The molecule has 0 aromatic carbocycles. The van der Waals surface area contributed by atoms with Crippen LogP contribution in [0.2, 0.25) is 0 Å². The van der Waals surface area contributed by atoms with Gasteiger partial charge in [0.1, 0.15) is 0 Å². The topological polar surface area (TPSA) is 12.9 Å². The van der Waals surface area contributed by atoms with Crippen LogP contribution in [0.25, 0.3) is 0 Å². The maximum Gasteiger partial charge on any atom is 0.0415 e. The number of alkyl halides is 1. The van der Waals surface area contributed by atoms with Gasteiger partial charge in [0.15, 0.2) is 0 Å². The van der Waals surface area contributed by atoms with Crippen molar-refractivity contribution < 1.29 is 0 Å². The maximum absolute atomic E-state index is 4.62. The van der Waals surface area contributed by atoms with Gasteiger partial charge in [0.05, 0.1) is 0 Å². The van der Waals surface area contributed by atoms with Crippen LogP contribution in [0.3, 0.4) is 0 Å². The first kappa shape index (κ1) is 13.3. The summed E-state index contributed by atoms with van der Waals surface area (Å²) >= 11 is 4.08. The van der Waals surface area contributed by atoms with Crippen LogP contribution in [0.5, 0.6) is 0 Å². The van der Waals surface area contributed by atoms with Crippen molar-refractivity contribution in [2.45, 2.75) is 56.7 Å². The molecule has 108 valence electrons. The highest BCUT2D eigenvalue weighted by Crippen LogP contribution is 2.62. The Morgan fingerprint density at radius 2 is 1.75 bits per heavy atom. The molecule has 0 radical (unpaired) electrons. The molecule has 4 aliphatic rings. The molecular formula is C18H24BrN. The van der Waals surface area contributed by atoms with Crippen molar-refractivity contribution >= 4 is 15.9 Å². The van der Waals surface area contributed by atoms with Crippen molar-refractivity contribution in [2.75, 3.05) is 0 Å². The molecule has 4 aliphatic carbocycles. The molecule has 2 heteroatoms. The first-order valence-corrected chi connectivity index (χ1v) is 9.10. The third-order valence-electron chi connectivity index (χ3n) is 6.11. The lowest BCUT2D eigenvalue weighted by atomic mass is 9.48.